The highest BCUT2D eigenvalue weighted by Crippen LogP contribution is 2.33. The van der Waals surface area contributed by atoms with Crippen LogP contribution in [0.5, 0.6) is 0 Å². The third-order valence-electron chi connectivity index (χ3n) is 3.28. The summed E-state index contributed by atoms with van der Waals surface area (Å²) in [7, 11) is 0. The molecule has 1 aromatic rings. The molecule has 1 amide bonds. The van der Waals surface area contributed by atoms with Crippen LogP contribution in [-0.2, 0) is 4.79 Å². The summed E-state index contributed by atoms with van der Waals surface area (Å²) >= 11 is 3.55. The van der Waals surface area contributed by atoms with Crippen molar-refractivity contribution < 1.29 is 4.79 Å². The van der Waals surface area contributed by atoms with Crippen LogP contribution in [0.25, 0.3) is 0 Å². The molecule has 0 aliphatic carbocycles. The molecule has 1 aliphatic rings. The van der Waals surface area contributed by atoms with E-state index in [2.05, 4.69) is 44.6 Å². The Morgan fingerprint density at radius 1 is 1.47 bits per heavy atom. The van der Waals surface area contributed by atoms with Gasteiger partial charge in [-0.15, -0.1) is 0 Å². The van der Waals surface area contributed by atoms with Gasteiger partial charge >= 0.3 is 0 Å². The topological polar surface area (TPSA) is 72.1 Å². The zero-order valence-corrected chi connectivity index (χ0v) is 13.1. The standard InChI is InChI=1S/C13H19BrN4O/c1-7(2)12-16-8(3)11(14)13(17-12)18-5-9(6-18)4-10(15)19/h7,9H,4-6H2,1-3H3,(H2,15,19). The molecule has 0 radical (unpaired) electrons. The second-order valence-corrected chi connectivity index (χ2v) is 6.19. The van der Waals surface area contributed by atoms with Crippen LogP contribution >= 0.6 is 15.9 Å². The molecule has 6 heteroatoms. The number of primary amides is 1. The number of nitrogens with zero attached hydrogens (tertiary/aromatic N) is 3. The summed E-state index contributed by atoms with van der Waals surface area (Å²) in [4.78, 5) is 22.1. The molecule has 19 heavy (non-hydrogen) atoms. The fourth-order valence-electron chi connectivity index (χ4n) is 2.19. The molecule has 2 heterocycles. The molecule has 5 nitrogen and oxygen atoms in total. The largest absolute Gasteiger partial charge is 0.370 e. The summed E-state index contributed by atoms with van der Waals surface area (Å²) in [5.74, 6) is 2.20. The number of nitrogens with two attached hydrogens (primary N) is 1. The van der Waals surface area contributed by atoms with Gasteiger partial charge in [-0.3, -0.25) is 4.79 Å². The number of hydrogen-bond acceptors (Lipinski definition) is 4. The second-order valence-electron chi connectivity index (χ2n) is 5.40. The van der Waals surface area contributed by atoms with E-state index in [1.165, 1.54) is 0 Å². The highest BCUT2D eigenvalue weighted by molar-refractivity contribution is 9.10. The number of anilines is 1. The molecule has 1 saturated heterocycles. The molecule has 1 fully saturated rings. The number of carbonyl (C=O) groups excluding carboxylic acids is 1. The van der Waals surface area contributed by atoms with Gasteiger partial charge < -0.3 is 10.6 Å². The maximum Gasteiger partial charge on any atom is 0.217 e. The van der Waals surface area contributed by atoms with E-state index in [-0.39, 0.29) is 5.91 Å². The SMILES string of the molecule is Cc1nc(C(C)C)nc(N2CC(CC(N)=O)C2)c1Br. The molecule has 0 aromatic carbocycles. The number of aryl methyl sites for hydroxylation is 1. The molecule has 0 unspecified atom stereocenters. The minimum Gasteiger partial charge on any atom is -0.370 e. The van der Waals surface area contributed by atoms with E-state index in [0.717, 1.165) is 34.9 Å². The maximum absolute atomic E-state index is 10.9. The molecule has 1 aromatic heterocycles. The molecule has 2 rings (SSSR count). The Bertz CT molecular complexity index is 498. The first kappa shape index (κ1) is 14.2. The summed E-state index contributed by atoms with van der Waals surface area (Å²) < 4.78 is 0.939. The minimum absolute atomic E-state index is 0.231. The third-order valence-corrected chi connectivity index (χ3v) is 4.21. The molecule has 1 aliphatic heterocycles. The van der Waals surface area contributed by atoms with Gasteiger partial charge in [0, 0.05) is 31.3 Å². The first-order chi connectivity index (χ1) is 8.88. The predicted molar refractivity (Wildman–Crippen MR) is 78.1 cm³/mol. The lowest BCUT2D eigenvalue weighted by atomic mass is 9.96. The zero-order chi connectivity index (χ0) is 14.2. The smallest absolute Gasteiger partial charge is 0.217 e. The number of carbonyl (C=O) groups is 1. The minimum atomic E-state index is -0.231. The fourth-order valence-corrected chi connectivity index (χ4v) is 2.62. The van der Waals surface area contributed by atoms with Crippen LogP contribution in [0.4, 0.5) is 5.82 Å². The van der Waals surface area contributed by atoms with Gasteiger partial charge in [-0.2, -0.15) is 0 Å². The predicted octanol–water partition coefficient (Wildman–Crippen LogP) is 1.98. The first-order valence-electron chi connectivity index (χ1n) is 6.45. The summed E-state index contributed by atoms with van der Waals surface area (Å²) in [6, 6.07) is 0. The Morgan fingerprint density at radius 2 is 2.11 bits per heavy atom. The van der Waals surface area contributed by atoms with Crippen LogP contribution < -0.4 is 10.6 Å². The van der Waals surface area contributed by atoms with Gasteiger partial charge in [0.15, 0.2) is 0 Å². The van der Waals surface area contributed by atoms with Gasteiger partial charge in [0.25, 0.3) is 0 Å². The van der Waals surface area contributed by atoms with Crippen molar-refractivity contribution >= 4 is 27.7 Å². The zero-order valence-electron chi connectivity index (χ0n) is 11.5. The van der Waals surface area contributed by atoms with E-state index in [0.29, 0.717) is 18.3 Å². The van der Waals surface area contributed by atoms with Crippen molar-refractivity contribution in [1.29, 1.82) is 0 Å². The van der Waals surface area contributed by atoms with Crippen molar-refractivity contribution in [2.45, 2.75) is 33.1 Å². The molecular formula is C13H19BrN4O. The lowest BCUT2D eigenvalue weighted by molar-refractivity contribution is -0.119. The van der Waals surface area contributed by atoms with Gasteiger partial charge in [-0.25, -0.2) is 9.97 Å². The number of amides is 1. The van der Waals surface area contributed by atoms with E-state index >= 15 is 0 Å². The van der Waals surface area contributed by atoms with Gasteiger partial charge in [-0.1, -0.05) is 13.8 Å². The van der Waals surface area contributed by atoms with Gasteiger partial charge in [0.05, 0.1) is 10.2 Å². The lowest BCUT2D eigenvalue weighted by Gasteiger charge is -2.40. The highest BCUT2D eigenvalue weighted by atomic mass is 79.9. The van der Waals surface area contributed by atoms with Crippen LogP contribution in [0.3, 0.4) is 0 Å². The number of halogens is 1. The van der Waals surface area contributed by atoms with Crippen molar-refractivity contribution in [3.63, 3.8) is 0 Å². The van der Waals surface area contributed by atoms with E-state index in [1.807, 2.05) is 6.92 Å². The quantitative estimate of drug-likeness (QED) is 0.918. The Kier molecular flexibility index (Phi) is 4.08. The summed E-state index contributed by atoms with van der Waals surface area (Å²) in [5, 5.41) is 0. The molecule has 0 spiro atoms. The summed E-state index contributed by atoms with van der Waals surface area (Å²) in [6.07, 6.45) is 0.454. The third kappa shape index (κ3) is 3.05. The van der Waals surface area contributed by atoms with Crippen LogP contribution in [0, 0.1) is 12.8 Å². The normalized spacial score (nSPS) is 15.7. The van der Waals surface area contributed by atoms with Crippen LogP contribution in [0.2, 0.25) is 0 Å². The average Bonchev–Trinajstić information content (AvgIpc) is 2.26. The highest BCUT2D eigenvalue weighted by Gasteiger charge is 2.31. The molecule has 0 atom stereocenters. The van der Waals surface area contributed by atoms with E-state index < -0.39 is 0 Å². The first-order valence-corrected chi connectivity index (χ1v) is 7.25. The number of rotatable bonds is 4. The van der Waals surface area contributed by atoms with Crippen molar-refractivity contribution in [3.8, 4) is 0 Å². The van der Waals surface area contributed by atoms with E-state index in [9.17, 15) is 4.79 Å². The van der Waals surface area contributed by atoms with Gasteiger partial charge in [0.2, 0.25) is 5.91 Å². The Morgan fingerprint density at radius 3 is 2.63 bits per heavy atom. The summed E-state index contributed by atoms with van der Waals surface area (Å²) in [6.45, 7) is 7.80. The van der Waals surface area contributed by atoms with Crippen molar-refractivity contribution in [2.24, 2.45) is 11.7 Å². The molecule has 2 N–H and O–H groups in total. The van der Waals surface area contributed by atoms with Gasteiger partial charge in [0.1, 0.15) is 11.6 Å². The van der Waals surface area contributed by atoms with Crippen LogP contribution in [-0.4, -0.2) is 29.0 Å². The van der Waals surface area contributed by atoms with Crippen LogP contribution in [0.1, 0.15) is 37.7 Å². The molecule has 104 valence electrons. The molecule has 0 bridgehead atoms. The second kappa shape index (κ2) is 5.45. The van der Waals surface area contributed by atoms with Gasteiger partial charge in [-0.05, 0) is 22.9 Å². The number of hydrogen-bond donors (Lipinski definition) is 1. The van der Waals surface area contributed by atoms with E-state index in [1.54, 1.807) is 0 Å². The van der Waals surface area contributed by atoms with Crippen molar-refractivity contribution in [1.82, 2.24) is 9.97 Å². The number of aromatic nitrogens is 2. The monoisotopic (exact) mass is 326 g/mol. The Hall–Kier alpha value is -1.17. The molecular weight excluding hydrogens is 308 g/mol. The van der Waals surface area contributed by atoms with Crippen molar-refractivity contribution in [3.05, 3.63) is 16.0 Å². The Balaban J connectivity index is 2.15. The maximum atomic E-state index is 10.9. The Labute approximate surface area is 121 Å². The van der Waals surface area contributed by atoms with E-state index in [4.69, 9.17) is 5.73 Å². The molecule has 0 saturated carbocycles. The fraction of sp³-hybridized carbons (Fsp3) is 0.615. The van der Waals surface area contributed by atoms with Crippen LogP contribution in [0.15, 0.2) is 4.47 Å². The average molecular weight is 327 g/mol. The summed E-state index contributed by atoms with van der Waals surface area (Å²) in [5.41, 5.74) is 6.16. The van der Waals surface area contributed by atoms with Crippen molar-refractivity contribution in [2.75, 3.05) is 18.0 Å². The lowest BCUT2D eigenvalue weighted by Crippen LogP contribution is -2.48.